The van der Waals surface area contributed by atoms with Crippen molar-refractivity contribution >= 4 is 15.9 Å². The first-order chi connectivity index (χ1) is 5.70. The molecule has 0 bridgehead atoms. The average molecular weight is 226 g/mol. The summed E-state index contributed by atoms with van der Waals surface area (Å²) < 4.78 is 1.26. The minimum Gasteiger partial charge on any atom is -0.324 e. The van der Waals surface area contributed by atoms with Crippen LogP contribution in [0.5, 0.6) is 0 Å². The molecule has 0 heterocycles. The zero-order valence-corrected chi connectivity index (χ0v) is 8.69. The number of fused-ring (bicyclic) bond motifs is 1. The Bertz CT molecular complexity index is 320. The molecule has 1 aromatic carbocycles. The molecule has 0 unspecified atom stereocenters. The summed E-state index contributed by atoms with van der Waals surface area (Å²) in [7, 11) is 0. The number of nitrogens with two attached hydrogens (primary N) is 1. The SMILES string of the molecule is Cc1ccc2c(c1Br)CC[C@@H]2N. The Morgan fingerprint density at radius 3 is 3.00 bits per heavy atom. The van der Waals surface area contributed by atoms with Gasteiger partial charge in [-0.15, -0.1) is 0 Å². The molecule has 1 aliphatic rings. The van der Waals surface area contributed by atoms with E-state index < -0.39 is 0 Å². The van der Waals surface area contributed by atoms with E-state index in [0.717, 1.165) is 12.8 Å². The lowest BCUT2D eigenvalue weighted by molar-refractivity contribution is 0.713. The molecule has 0 saturated carbocycles. The Balaban J connectivity index is 2.60. The summed E-state index contributed by atoms with van der Waals surface area (Å²) in [5.74, 6) is 0. The maximum Gasteiger partial charge on any atom is 0.0301 e. The van der Waals surface area contributed by atoms with Crippen LogP contribution in [0, 0.1) is 6.92 Å². The van der Waals surface area contributed by atoms with Gasteiger partial charge in [-0.25, -0.2) is 0 Å². The number of rotatable bonds is 0. The molecule has 0 saturated heterocycles. The molecule has 1 atom stereocenters. The van der Waals surface area contributed by atoms with Crippen LogP contribution in [0.15, 0.2) is 16.6 Å². The minimum absolute atomic E-state index is 0.261. The van der Waals surface area contributed by atoms with Crippen molar-refractivity contribution in [3.8, 4) is 0 Å². The molecule has 64 valence electrons. The molecule has 2 rings (SSSR count). The standard InChI is InChI=1S/C10H12BrN/c1-6-2-3-7-8(10(6)11)4-5-9(7)12/h2-3,9H,4-5,12H2,1H3/t9-/m0/s1. The molecule has 0 amide bonds. The maximum atomic E-state index is 5.94. The fraction of sp³-hybridized carbons (Fsp3) is 0.400. The fourth-order valence-electron chi connectivity index (χ4n) is 1.81. The number of hydrogen-bond donors (Lipinski definition) is 1. The topological polar surface area (TPSA) is 26.0 Å². The molecular weight excluding hydrogens is 214 g/mol. The summed E-state index contributed by atoms with van der Waals surface area (Å²) in [5.41, 5.74) is 10.00. The summed E-state index contributed by atoms with van der Waals surface area (Å²) in [6.45, 7) is 2.12. The van der Waals surface area contributed by atoms with Crippen LogP contribution >= 0.6 is 15.9 Å². The predicted molar refractivity (Wildman–Crippen MR) is 54.1 cm³/mol. The Morgan fingerprint density at radius 1 is 1.50 bits per heavy atom. The highest BCUT2D eigenvalue weighted by molar-refractivity contribution is 9.10. The first-order valence-corrected chi connectivity index (χ1v) is 5.03. The van der Waals surface area contributed by atoms with Crippen molar-refractivity contribution < 1.29 is 0 Å². The second-order valence-electron chi connectivity index (χ2n) is 3.41. The van der Waals surface area contributed by atoms with Crippen LogP contribution in [0.4, 0.5) is 0 Å². The summed E-state index contributed by atoms with van der Waals surface area (Å²) in [6.07, 6.45) is 2.22. The highest BCUT2D eigenvalue weighted by atomic mass is 79.9. The third kappa shape index (κ3) is 1.10. The summed E-state index contributed by atoms with van der Waals surface area (Å²) >= 11 is 3.60. The van der Waals surface area contributed by atoms with E-state index in [9.17, 15) is 0 Å². The van der Waals surface area contributed by atoms with Crippen LogP contribution in [0.1, 0.15) is 29.2 Å². The molecule has 0 aromatic heterocycles. The van der Waals surface area contributed by atoms with Gasteiger partial charge in [0.05, 0.1) is 0 Å². The molecule has 2 heteroatoms. The molecular formula is C10H12BrN. The largest absolute Gasteiger partial charge is 0.324 e. The molecule has 12 heavy (non-hydrogen) atoms. The number of aryl methyl sites for hydroxylation is 1. The number of hydrogen-bond acceptors (Lipinski definition) is 1. The van der Waals surface area contributed by atoms with Crippen LogP contribution in [-0.4, -0.2) is 0 Å². The second-order valence-corrected chi connectivity index (χ2v) is 4.20. The predicted octanol–water partition coefficient (Wildman–Crippen LogP) is 2.70. The van der Waals surface area contributed by atoms with Gasteiger partial charge in [-0.1, -0.05) is 28.1 Å². The summed E-state index contributed by atoms with van der Waals surface area (Å²) in [6, 6.07) is 4.55. The van der Waals surface area contributed by atoms with E-state index >= 15 is 0 Å². The van der Waals surface area contributed by atoms with Crippen molar-refractivity contribution in [3.05, 3.63) is 33.3 Å². The summed E-state index contributed by atoms with van der Waals surface area (Å²) in [5, 5.41) is 0. The normalized spacial score (nSPS) is 21.1. The Kier molecular flexibility index (Phi) is 1.97. The fourth-order valence-corrected chi connectivity index (χ4v) is 2.37. The van der Waals surface area contributed by atoms with Crippen LogP contribution in [0.25, 0.3) is 0 Å². The quantitative estimate of drug-likeness (QED) is 0.723. The van der Waals surface area contributed by atoms with Gasteiger partial charge in [-0.05, 0) is 36.5 Å². The van der Waals surface area contributed by atoms with Gasteiger partial charge < -0.3 is 5.73 Å². The van der Waals surface area contributed by atoms with Gasteiger partial charge >= 0.3 is 0 Å². The molecule has 0 spiro atoms. The zero-order chi connectivity index (χ0) is 8.72. The molecule has 1 aromatic rings. The first-order valence-electron chi connectivity index (χ1n) is 4.23. The van der Waals surface area contributed by atoms with Crippen molar-refractivity contribution in [3.63, 3.8) is 0 Å². The molecule has 0 fully saturated rings. The first kappa shape index (κ1) is 8.27. The lowest BCUT2D eigenvalue weighted by Gasteiger charge is -2.07. The van der Waals surface area contributed by atoms with Gasteiger partial charge in [0, 0.05) is 10.5 Å². The zero-order valence-electron chi connectivity index (χ0n) is 7.10. The van der Waals surface area contributed by atoms with Crippen LogP contribution in [0.2, 0.25) is 0 Å². The molecule has 2 N–H and O–H groups in total. The maximum absolute atomic E-state index is 5.94. The van der Waals surface area contributed by atoms with E-state index in [0.29, 0.717) is 0 Å². The third-order valence-electron chi connectivity index (χ3n) is 2.58. The number of halogens is 1. The monoisotopic (exact) mass is 225 g/mol. The Hall–Kier alpha value is -0.340. The average Bonchev–Trinajstić information content (AvgIpc) is 2.41. The van der Waals surface area contributed by atoms with Gasteiger partial charge in [0.25, 0.3) is 0 Å². The summed E-state index contributed by atoms with van der Waals surface area (Å²) in [4.78, 5) is 0. The van der Waals surface area contributed by atoms with E-state index in [-0.39, 0.29) is 6.04 Å². The Morgan fingerprint density at radius 2 is 2.25 bits per heavy atom. The Labute approximate surface area is 81.1 Å². The second kappa shape index (κ2) is 2.86. The van der Waals surface area contributed by atoms with E-state index in [2.05, 4.69) is 35.0 Å². The number of benzene rings is 1. The highest BCUT2D eigenvalue weighted by Crippen LogP contribution is 2.35. The third-order valence-corrected chi connectivity index (χ3v) is 3.68. The van der Waals surface area contributed by atoms with Crippen molar-refractivity contribution in [1.82, 2.24) is 0 Å². The smallest absolute Gasteiger partial charge is 0.0301 e. The van der Waals surface area contributed by atoms with Crippen LogP contribution in [0.3, 0.4) is 0 Å². The van der Waals surface area contributed by atoms with E-state index in [4.69, 9.17) is 5.73 Å². The van der Waals surface area contributed by atoms with Gasteiger partial charge in [0.1, 0.15) is 0 Å². The van der Waals surface area contributed by atoms with Gasteiger partial charge in [-0.2, -0.15) is 0 Å². The van der Waals surface area contributed by atoms with Crippen molar-refractivity contribution in [2.24, 2.45) is 5.73 Å². The lowest BCUT2D eigenvalue weighted by atomic mass is 10.1. The van der Waals surface area contributed by atoms with Crippen LogP contribution < -0.4 is 5.73 Å². The van der Waals surface area contributed by atoms with E-state index in [1.165, 1.54) is 21.2 Å². The van der Waals surface area contributed by atoms with Gasteiger partial charge in [0.2, 0.25) is 0 Å². The van der Waals surface area contributed by atoms with Crippen LogP contribution in [-0.2, 0) is 6.42 Å². The van der Waals surface area contributed by atoms with E-state index in [1.54, 1.807) is 0 Å². The molecule has 1 aliphatic carbocycles. The molecule has 0 radical (unpaired) electrons. The van der Waals surface area contributed by atoms with Gasteiger partial charge in [0.15, 0.2) is 0 Å². The molecule has 0 aliphatic heterocycles. The minimum atomic E-state index is 0.261. The highest BCUT2D eigenvalue weighted by Gasteiger charge is 2.21. The van der Waals surface area contributed by atoms with Crippen molar-refractivity contribution in [1.29, 1.82) is 0 Å². The lowest BCUT2D eigenvalue weighted by Crippen LogP contribution is -2.05. The van der Waals surface area contributed by atoms with Crippen molar-refractivity contribution in [2.75, 3.05) is 0 Å². The van der Waals surface area contributed by atoms with Gasteiger partial charge in [-0.3, -0.25) is 0 Å². The van der Waals surface area contributed by atoms with E-state index in [1.807, 2.05) is 0 Å². The molecule has 1 nitrogen and oxygen atoms in total. The van der Waals surface area contributed by atoms with Crippen molar-refractivity contribution in [2.45, 2.75) is 25.8 Å².